The van der Waals surface area contributed by atoms with Gasteiger partial charge in [0, 0.05) is 37.8 Å². The van der Waals surface area contributed by atoms with Gasteiger partial charge in [-0.25, -0.2) is 0 Å². The Bertz CT molecular complexity index is 875. The van der Waals surface area contributed by atoms with E-state index in [1.807, 2.05) is 12.1 Å². The predicted molar refractivity (Wildman–Crippen MR) is 89.2 cm³/mol. The lowest BCUT2D eigenvalue weighted by atomic mass is 10.2. The molecule has 4 rings (SSSR count). The van der Waals surface area contributed by atoms with Crippen molar-refractivity contribution in [1.82, 2.24) is 20.1 Å². The summed E-state index contributed by atoms with van der Waals surface area (Å²) in [4.78, 5) is 20.6. The summed E-state index contributed by atoms with van der Waals surface area (Å²) in [6.07, 6.45) is 3.21. The quantitative estimate of drug-likeness (QED) is 0.710. The Kier molecular flexibility index (Phi) is 3.78. The number of nitrogens with zero attached hydrogens (tertiary/aromatic N) is 5. The zero-order valence-corrected chi connectivity index (χ0v) is 13.5. The number of furan rings is 1. The van der Waals surface area contributed by atoms with Gasteiger partial charge in [-0.05, 0) is 24.3 Å². The van der Waals surface area contributed by atoms with Gasteiger partial charge in [-0.2, -0.15) is 0 Å². The fourth-order valence-electron chi connectivity index (χ4n) is 2.83. The first-order valence-corrected chi connectivity index (χ1v) is 7.96. The number of amides is 1. The number of piperazine rings is 1. The number of carbonyl (C=O) groups is 1. The van der Waals surface area contributed by atoms with Crippen molar-refractivity contribution >= 4 is 34.2 Å². The SMILES string of the molecule is O=C(c1ccco1)N1CCN(c2nnc(Cl)c3cccnc23)CC1. The lowest BCUT2D eigenvalue weighted by Gasteiger charge is -2.34. The third kappa shape index (κ3) is 2.56. The molecule has 0 N–H and O–H groups in total. The van der Waals surface area contributed by atoms with Crippen LogP contribution in [0.3, 0.4) is 0 Å². The van der Waals surface area contributed by atoms with Crippen LogP contribution in [0.5, 0.6) is 0 Å². The highest BCUT2D eigenvalue weighted by molar-refractivity contribution is 6.34. The minimum atomic E-state index is -0.0928. The average Bonchev–Trinajstić information content (AvgIpc) is 3.17. The molecule has 0 saturated carbocycles. The van der Waals surface area contributed by atoms with Crippen molar-refractivity contribution in [2.45, 2.75) is 0 Å². The molecule has 0 radical (unpaired) electrons. The molecule has 1 aliphatic rings. The number of halogens is 1. The lowest BCUT2D eigenvalue weighted by molar-refractivity contribution is 0.0714. The molecule has 0 atom stereocenters. The molecule has 0 aliphatic carbocycles. The fraction of sp³-hybridized carbons (Fsp3) is 0.250. The van der Waals surface area contributed by atoms with E-state index in [-0.39, 0.29) is 5.91 Å². The standard InChI is InChI=1S/C16H14ClN5O2/c17-14-11-3-1-5-18-13(11)15(20-19-14)21-6-8-22(9-7-21)16(23)12-4-2-10-24-12/h1-5,10H,6-9H2. The molecule has 3 aromatic rings. The summed E-state index contributed by atoms with van der Waals surface area (Å²) in [5, 5.41) is 9.34. The molecule has 0 aromatic carbocycles. The summed E-state index contributed by atoms with van der Waals surface area (Å²) in [5.74, 6) is 0.965. The Labute approximate surface area is 142 Å². The highest BCUT2D eigenvalue weighted by Crippen LogP contribution is 2.27. The highest BCUT2D eigenvalue weighted by atomic mass is 35.5. The molecule has 0 spiro atoms. The van der Waals surface area contributed by atoms with Gasteiger partial charge in [-0.3, -0.25) is 9.78 Å². The van der Waals surface area contributed by atoms with Gasteiger partial charge in [0.15, 0.2) is 16.7 Å². The van der Waals surface area contributed by atoms with E-state index in [1.54, 1.807) is 23.2 Å². The maximum absolute atomic E-state index is 12.3. The van der Waals surface area contributed by atoms with Crippen LogP contribution >= 0.6 is 11.6 Å². The maximum Gasteiger partial charge on any atom is 0.289 e. The van der Waals surface area contributed by atoms with Gasteiger partial charge in [0.2, 0.25) is 0 Å². The van der Waals surface area contributed by atoms with E-state index < -0.39 is 0 Å². The van der Waals surface area contributed by atoms with Crippen LogP contribution < -0.4 is 4.90 Å². The molecule has 24 heavy (non-hydrogen) atoms. The minimum Gasteiger partial charge on any atom is -0.459 e. The van der Waals surface area contributed by atoms with Crippen molar-refractivity contribution in [1.29, 1.82) is 0 Å². The molecule has 1 aliphatic heterocycles. The predicted octanol–water partition coefficient (Wildman–Crippen LogP) is 2.23. The first-order chi connectivity index (χ1) is 11.7. The van der Waals surface area contributed by atoms with Crippen LogP contribution in [0.25, 0.3) is 10.9 Å². The second kappa shape index (κ2) is 6.09. The molecule has 3 aromatic heterocycles. The van der Waals surface area contributed by atoms with Gasteiger partial charge in [-0.1, -0.05) is 11.6 Å². The van der Waals surface area contributed by atoms with Crippen molar-refractivity contribution in [2.75, 3.05) is 31.1 Å². The van der Waals surface area contributed by atoms with Crippen LogP contribution in [0.15, 0.2) is 41.1 Å². The van der Waals surface area contributed by atoms with Crippen molar-refractivity contribution in [3.63, 3.8) is 0 Å². The van der Waals surface area contributed by atoms with Gasteiger partial charge >= 0.3 is 0 Å². The summed E-state index contributed by atoms with van der Waals surface area (Å²) < 4.78 is 5.18. The molecule has 4 heterocycles. The van der Waals surface area contributed by atoms with E-state index in [2.05, 4.69) is 20.1 Å². The monoisotopic (exact) mass is 343 g/mol. The van der Waals surface area contributed by atoms with Crippen molar-refractivity contribution in [3.05, 3.63) is 47.6 Å². The largest absolute Gasteiger partial charge is 0.459 e. The number of rotatable bonds is 2. The van der Waals surface area contributed by atoms with Crippen LogP contribution in [0, 0.1) is 0 Å². The number of anilines is 1. The van der Waals surface area contributed by atoms with Gasteiger partial charge in [0.1, 0.15) is 5.52 Å². The second-order valence-corrected chi connectivity index (χ2v) is 5.83. The zero-order chi connectivity index (χ0) is 16.5. The summed E-state index contributed by atoms with van der Waals surface area (Å²) in [6.45, 7) is 2.46. The third-order valence-electron chi connectivity index (χ3n) is 4.07. The van der Waals surface area contributed by atoms with E-state index >= 15 is 0 Å². The van der Waals surface area contributed by atoms with E-state index in [0.29, 0.717) is 42.9 Å². The van der Waals surface area contributed by atoms with Gasteiger partial charge in [0.05, 0.1) is 6.26 Å². The van der Waals surface area contributed by atoms with Crippen LogP contribution in [0.2, 0.25) is 5.15 Å². The average molecular weight is 344 g/mol. The van der Waals surface area contributed by atoms with E-state index in [4.69, 9.17) is 16.0 Å². The van der Waals surface area contributed by atoms with Crippen LogP contribution in [-0.4, -0.2) is 52.2 Å². The molecule has 1 saturated heterocycles. The minimum absolute atomic E-state index is 0.0928. The first-order valence-electron chi connectivity index (χ1n) is 7.58. The lowest BCUT2D eigenvalue weighted by Crippen LogP contribution is -2.49. The van der Waals surface area contributed by atoms with Gasteiger partial charge < -0.3 is 14.2 Å². The summed E-state index contributed by atoms with van der Waals surface area (Å²) in [5.41, 5.74) is 0.725. The fourth-order valence-corrected chi connectivity index (χ4v) is 3.02. The Morgan fingerprint density at radius 2 is 1.96 bits per heavy atom. The van der Waals surface area contributed by atoms with E-state index in [0.717, 1.165) is 10.9 Å². The Balaban J connectivity index is 1.54. The molecule has 1 fully saturated rings. The smallest absolute Gasteiger partial charge is 0.289 e. The van der Waals surface area contributed by atoms with E-state index in [9.17, 15) is 4.79 Å². The number of aromatic nitrogens is 3. The first kappa shape index (κ1) is 14.9. The van der Waals surface area contributed by atoms with E-state index in [1.165, 1.54) is 6.26 Å². The maximum atomic E-state index is 12.3. The Hall–Kier alpha value is -2.67. The van der Waals surface area contributed by atoms with Crippen LogP contribution in [-0.2, 0) is 0 Å². The normalized spacial score (nSPS) is 15.0. The summed E-state index contributed by atoms with van der Waals surface area (Å²) in [6, 6.07) is 7.08. The molecular formula is C16H14ClN5O2. The van der Waals surface area contributed by atoms with Crippen molar-refractivity contribution in [2.24, 2.45) is 0 Å². The number of hydrogen-bond donors (Lipinski definition) is 0. The topological polar surface area (TPSA) is 75.4 Å². The number of fused-ring (bicyclic) bond motifs is 1. The van der Waals surface area contributed by atoms with Gasteiger partial charge in [0.25, 0.3) is 5.91 Å². The molecule has 1 amide bonds. The van der Waals surface area contributed by atoms with Gasteiger partial charge in [-0.15, -0.1) is 10.2 Å². The number of pyridine rings is 1. The molecule has 122 valence electrons. The molecule has 0 unspecified atom stereocenters. The highest BCUT2D eigenvalue weighted by Gasteiger charge is 2.26. The summed E-state index contributed by atoms with van der Waals surface area (Å²) in [7, 11) is 0. The zero-order valence-electron chi connectivity index (χ0n) is 12.7. The Morgan fingerprint density at radius 1 is 1.12 bits per heavy atom. The number of hydrogen-bond acceptors (Lipinski definition) is 6. The second-order valence-electron chi connectivity index (χ2n) is 5.47. The molecule has 7 nitrogen and oxygen atoms in total. The molecular weight excluding hydrogens is 330 g/mol. The number of carbonyl (C=O) groups excluding carboxylic acids is 1. The molecule has 0 bridgehead atoms. The Morgan fingerprint density at radius 3 is 2.71 bits per heavy atom. The van der Waals surface area contributed by atoms with Crippen molar-refractivity contribution < 1.29 is 9.21 Å². The van der Waals surface area contributed by atoms with Crippen LogP contribution in [0.1, 0.15) is 10.6 Å². The third-order valence-corrected chi connectivity index (χ3v) is 4.35. The van der Waals surface area contributed by atoms with Crippen LogP contribution in [0.4, 0.5) is 5.82 Å². The van der Waals surface area contributed by atoms with Crippen molar-refractivity contribution in [3.8, 4) is 0 Å². The summed E-state index contributed by atoms with van der Waals surface area (Å²) >= 11 is 6.09. The molecule has 8 heteroatoms.